The number of rotatable bonds is 2. The first kappa shape index (κ1) is 10.2. The van der Waals surface area contributed by atoms with Gasteiger partial charge in [-0.1, -0.05) is 12.1 Å². The van der Waals surface area contributed by atoms with Crippen molar-refractivity contribution >= 4 is 5.69 Å². The van der Waals surface area contributed by atoms with Crippen LogP contribution in [0.1, 0.15) is 31.2 Å². The molecule has 1 aromatic rings. The lowest BCUT2D eigenvalue weighted by Crippen LogP contribution is -2.43. The van der Waals surface area contributed by atoms with Crippen LogP contribution >= 0.6 is 0 Å². The van der Waals surface area contributed by atoms with E-state index < -0.39 is 0 Å². The molecule has 2 atom stereocenters. The fraction of sp³-hybridized carbons (Fsp3) is 0.571. The number of benzene rings is 1. The second kappa shape index (κ2) is 4.10. The molecule has 2 heterocycles. The number of fused-ring (bicyclic) bond motifs is 2. The Morgan fingerprint density at radius 2 is 1.94 bits per heavy atom. The van der Waals surface area contributed by atoms with Crippen molar-refractivity contribution in [1.29, 1.82) is 0 Å². The molecule has 0 spiro atoms. The van der Waals surface area contributed by atoms with Crippen LogP contribution in [0.4, 0.5) is 5.69 Å². The normalized spacial score (nSPS) is 32.7. The fourth-order valence-corrected chi connectivity index (χ4v) is 3.15. The second-order valence-corrected chi connectivity index (χ2v) is 5.32. The van der Waals surface area contributed by atoms with Crippen LogP contribution in [0.5, 0.6) is 0 Å². The number of hydrogen-bond donors (Lipinski definition) is 2. The highest BCUT2D eigenvalue weighted by molar-refractivity contribution is 5.46. The van der Waals surface area contributed by atoms with Gasteiger partial charge in [0.2, 0.25) is 0 Å². The summed E-state index contributed by atoms with van der Waals surface area (Å²) in [5.74, 6) is 0. The van der Waals surface area contributed by atoms with Gasteiger partial charge in [-0.15, -0.1) is 0 Å². The first-order valence-electron chi connectivity index (χ1n) is 6.39. The standard InChI is InChI=1S/C14H20N2/c1-10-3-2-4-11(7-10)16-14-8-12-5-6-13(9-14)15-12/h2-4,7,12-16H,5-6,8-9H2,1H3. The van der Waals surface area contributed by atoms with E-state index in [9.17, 15) is 0 Å². The van der Waals surface area contributed by atoms with Crippen molar-refractivity contribution in [2.45, 2.75) is 50.7 Å². The van der Waals surface area contributed by atoms with Crippen molar-refractivity contribution in [1.82, 2.24) is 5.32 Å². The van der Waals surface area contributed by atoms with Gasteiger partial charge < -0.3 is 10.6 Å². The fourth-order valence-electron chi connectivity index (χ4n) is 3.15. The number of nitrogens with one attached hydrogen (secondary N) is 2. The second-order valence-electron chi connectivity index (χ2n) is 5.32. The number of hydrogen-bond acceptors (Lipinski definition) is 2. The van der Waals surface area contributed by atoms with Gasteiger partial charge in [0.25, 0.3) is 0 Å². The molecule has 2 nitrogen and oxygen atoms in total. The van der Waals surface area contributed by atoms with Crippen LogP contribution in [0.3, 0.4) is 0 Å². The molecular weight excluding hydrogens is 196 g/mol. The van der Waals surface area contributed by atoms with Crippen LogP contribution in [0, 0.1) is 6.92 Å². The zero-order valence-electron chi connectivity index (χ0n) is 9.87. The van der Waals surface area contributed by atoms with Gasteiger partial charge in [0.05, 0.1) is 0 Å². The predicted molar refractivity (Wildman–Crippen MR) is 67.8 cm³/mol. The minimum atomic E-state index is 0.667. The van der Waals surface area contributed by atoms with Gasteiger partial charge >= 0.3 is 0 Å². The van der Waals surface area contributed by atoms with Gasteiger partial charge in [0.1, 0.15) is 0 Å². The van der Waals surface area contributed by atoms with E-state index in [1.165, 1.54) is 36.9 Å². The van der Waals surface area contributed by atoms with Crippen molar-refractivity contribution < 1.29 is 0 Å². The molecule has 16 heavy (non-hydrogen) atoms. The SMILES string of the molecule is Cc1cccc(NC2CC3CCC(C2)N3)c1. The molecule has 2 unspecified atom stereocenters. The van der Waals surface area contributed by atoms with Crippen molar-refractivity contribution in [3.05, 3.63) is 29.8 Å². The third kappa shape index (κ3) is 2.07. The summed E-state index contributed by atoms with van der Waals surface area (Å²) < 4.78 is 0. The number of aryl methyl sites for hydroxylation is 1. The average Bonchev–Trinajstić information content (AvgIpc) is 2.58. The minimum absolute atomic E-state index is 0.667. The van der Waals surface area contributed by atoms with E-state index in [0.29, 0.717) is 6.04 Å². The van der Waals surface area contributed by atoms with Crippen LogP contribution in [-0.4, -0.2) is 18.1 Å². The van der Waals surface area contributed by atoms with E-state index in [1.807, 2.05) is 0 Å². The number of piperidine rings is 1. The van der Waals surface area contributed by atoms with Gasteiger partial charge in [-0.3, -0.25) is 0 Å². The Bertz CT molecular complexity index is 363. The molecule has 0 aromatic heterocycles. The Morgan fingerprint density at radius 1 is 1.19 bits per heavy atom. The van der Waals surface area contributed by atoms with Crippen LogP contribution < -0.4 is 10.6 Å². The van der Waals surface area contributed by atoms with Crippen molar-refractivity contribution in [2.24, 2.45) is 0 Å². The molecule has 0 aliphatic carbocycles. The molecule has 2 aliphatic rings. The summed E-state index contributed by atoms with van der Waals surface area (Å²) in [7, 11) is 0. The number of anilines is 1. The van der Waals surface area contributed by atoms with E-state index in [2.05, 4.69) is 41.8 Å². The van der Waals surface area contributed by atoms with Crippen molar-refractivity contribution in [3.63, 3.8) is 0 Å². The molecule has 0 amide bonds. The Hall–Kier alpha value is -1.02. The molecule has 2 bridgehead atoms. The van der Waals surface area contributed by atoms with E-state index in [4.69, 9.17) is 0 Å². The monoisotopic (exact) mass is 216 g/mol. The van der Waals surface area contributed by atoms with Gasteiger partial charge in [-0.2, -0.15) is 0 Å². The van der Waals surface area contributed by atoms with Gasteiger partial charge in [-0.25, -0.2) is 0 Å². The third-order valence-corrected chi connectivity index (χ3v) is 3.86. The largest absolute Gasteiger partial charge is 0.382 e. The lowest BCUT2D eigenvalue weighted by molar-refractivity contribution is 0.378. The van der Waals surface area contributed by atoms with Crippen LogP contribution in [-0.2, 0) is 0 Å². The molecule has 2 fully saturated rings. The third-order valence-electron chi connectivity index (χ3n) is 3.86. The average molecular weight is 216 g/mol. The maximum atomic E-state index is 3.68. The molecule has 2 aliphatic heterocycles. The molecule has 2 saturated heterocycles. The summed E-state index contributed by atoms with van der Waals surface area (Å²) in [5.41, 5.74) is 2.62. The smallest absolute Gasteiger partial charge is 0.0344 e. The Morgan fingerprint density at radius 3 is 2.62 bits per heavy atom. The Labute approximate surface area is 97.4 Å². The molecule has 86 valence electrons. The van der Waals surface area contributed by atoms with E-state index in [1.54, 1.807) is 0 Å². The van der Waals surface area contributed by atoms with Gasteiger partial charge in [-0.05, 0) is 50.3 Å². The van der Waals surface area contributed by atoms with Gasteiger partial charge in [0, 0.05) is 23.8 Å². The summed E-state index contributed by atoms with van der Waals surface area (Å²) in [5, 5.41) is 7.36. The lowest BCUT2D eigenvalue weighted by atomic mass is 9.99. The molecule has 1 aromatic carbocycles. The maximum Gasteiger partial charge on any atom is 0.0344 e. The summed E-state index contributed by atoms with van der Waals surface area (Å²) in [6.45, 7) is 2.15. The van der Waals surface area contributed by atoms with E-state index >= 15 is 0 Å². The highest BCUT2D eigenvalue weighted by Crippen LogP contribution is 2.28. The van der Waals surface area contributed by atoms with Crippen LogP contribution in [0.2, 0.25) is 0 Å². The maximum absolute atomic E-state index is 3.68. The lowest BCUT2D eigenvalue weighted by Gasteiger charge is -2.30. The highest BCUT2D eigenvalue weighted by Gasteiger charge is 2.33. The Balaban J connectivity index is 1.67. The summed E-state index contributed by atoms with van der Waals surface area (Å²) in [6.07, 6.45) is 5.31. The zero-order chi connectivity index (χ0) is 11.0. The zero-order valence-corrected chi connectivity index (χ0v) is 9.87. The molecule has 0 radical (unpaired) electrons. The summed E-state index contributed by atoms with van der Waals surface area (Å²) in [4.78, 5) is 0. The molecule has 3 rings (SSSR count). The van der Waals surface area contributed by atoms with Crippen molar-refractivity contribution in [2.75, 3.05) is 5.32 Å². The first-order chi connectivity index (χ1) is 7.79. The van der Waals surface area contributed by atoms with Crippen LogP contribution in [0.25, 0.3) is 0 Å². The van der Waals surface area contributed by atoms with Crippen LogP contribution in [0.15, 0.2) is 24.3 Å². The molecular formula is C14H20N2. The minimum Gasteiger partial charge on any atom is -0.382 e. The van der Waals surface area contributed by atoms with Crippen molar-refractivity contribution in [3.8, 4) is 0 Å². The van der Waals surface area contributed by atoms with E-state index in [0.717, 1.165) is 12.1 Å². The summed E-state index contributed by atoms with van der Waals surface area (Å²) in [6, 6.07) is 10.9. The quantitative estimate of drug-likeness (QED) is 0.794. The Kier molecular flexibility index (Phi) is 2.60. The topological polar surface area (TPSA) is 24.1 Å². The predicted octanol–water partition coefficient (Wildman–Crippen LogP) is 2.69. The molecule has 2 heteroatoms. The first-order valence-corrected chi connectivity index (χ1v) is 6.39. The molecule has 2 N–H and O–H groups in total. The summed E-state index contributed by atoms with van der Waals surface area (Å²) >= 11 is 0. The highest BCUT2D eigenvalue weighted by atomic mass is 15.0. The van der Waals surface area contributed by atoms with E-state index in [-0.39, 0.29) is 0 Å². The van der Waals surface area contributed by atoms with Gasteiger partial charge in [0.15, 0.2) is 0 Å². The molecule has 0 saturated carbocycles.